The number of nitrogens with zero attached hydrogens (tertiary/aromatic N) is 3. The first-order valence-electron chi connectivity index (χ1n) is 11.2. The van der Waals surface area contributed by atoms with E-state index in [0.717, 1.165) is 29.8 Å². The molecule has 2 aliphatic rings. The Morgan fingerprint density at radius 2 is 1.84 bits per heavy atom. The van der Waals surface area contributed by atoms with Crippen LogP contribution in [0.15, 0.2) is 36.4 Å². The lowest BCUT2D eigenvalue weighted by molar-refractivity contribution is -0.136. The highest BCUT2D eigenvalue weighted by Crippen LogP contribution is 2.39. The molecule has 31 heavy (non-hydrogen) atoms. The number of carbonyl (C=O) groups is 2. The molecule has 1 aromatic carbocycles. The third kappa shape index (κ3) is 5.09. The lowest BCUT2D eigenvalue weighted by atomic mass is 9.82. The molecular weight excluding hydrogens is 410 g/mol. The molecule has 166 valence electrons. The van der Waals surface area contributed by atoms with Gasteiger partial charge < -0.3 is 14.5 Å². The Kier molecular flexibility index (Phi) is 6.90. The minimum absolute atomic E-state index is 0.0926. The number of amides is 2. The van der Waals surface area contributed by atoms with E-state index < -0.39 is 0 Å². The monoisotopic (exact) mass is 441 g/mol. The molecule has 0 bridgehead atoms. The summed E-state index contributed by atoms with van der Waals surface area (Å²) in [5, 5.41) is 1.05. The van der Waals surface area contributed by atoms with Crippen LogP contribution in [0.3, 0.4) is 0 Å². The summed E-state index contributed by atoms with van der Waals surface area (Å²) >= 11 is 1.70. The number of ether oxygens (including phenoxy) is 1. The maximum atomic E-state index is 13.5. The van der Waals surface area contributed by atoms with Crippen molar-refractivity contribution in [2.45, 2.75) is 39.0 Å². The van der Waals surface area contributed by atoms with E-state index in [1.807, 2.05) is 36.9 Å². The summed E-state index contributed by atoms with van der Waals surface area (Å²) in [5.41, 5.74) is 1.01. The summed E-state index contributed by atoms with van der Waals surface area (Å²) in [6.45, 7) is 6.87. The highest BCUT2D eigenvalue weighted by Gasteiger charge is 2.35. The molecule has 2 unspecified atom stereocenters. The van der Waals surface area contributed by atoms with Gasteiger partial charge in [0.05, 0.1) is 27.7 Å². The fourth-order valence-electron chi connectivity index (χ4n) is 4.29. The van der Waals surface area contributed by atoms with Crippen LogP contribution >= 0.6 is 11.3 Å². The topological polar surface area (TPSA) is 62.7 Å². The second-order valence-corrected chi connectivity index (χ2v) is 9.87. The Morgan fingerprint density at radius 3 is 2.65 bits per heavy atom. The van der Waals surface area contributed by atoms with Crippen molar-refractivity contribution < 1.29 is 14.3 Å². The highest BCUT2D eigenvalue weighted by atomic mass is 32.1. The van der Waals surface area contributed by atoms with Crippen LogP contribution in [0.25, 0.3) is 10.2 Å². The first kappa shape index (κ1) is 21.8. The second-order valence-electron chi connectivity index (χ2n) is 8.81. The average Bonchev–Trinajstić information content (AvgIpc) is 3.06. The van der Waals surface area contributed by atoms with E-state index >= 15 is 0 Å². The third-order valence-electron chi connectivity index (χ3n) is 5.98. The number of fused-ring (bicyclic) bond motifs is 1. The van der Waals surface area contributed by atoms with Crippen LogP contribution in [-0.2, 0) is 9.53 Å². The van der Waals surface area contributed by atoms with Gasteiger partial charge in [-0.15, -0.1) is 11.3 Å². The number of thiazole rings is 1. The van der Waals surface area contributed by atoms with Crippen LogP contribution in [0.4, 0.5) is 4.79 Å². The van der Waals surface area contributed by atoms with Gasteiger partial charge in [0.15, 0.2) is 0 Å². The molecule has 4 rings (SSSR count). The first-order valence-corrected chi connectivity index (χ1v) is 12.1. The summed E-state index contributed by atoms with van der Waals surface area (Å²) in [6.07, 6.45) is 6.40. The van der Waals surface area contributed by atoms with Crippen molar-refractivity contribution in [2.24, 2.45) is 11.8 Å². The Bertz CT molecular complexity index is 921. The minimum atomic E-state index is -0.268. The van der Waals surface area contributed by atoms with E-state index in [1.165, 1.54) is 4.70 Å². The van der Waals surface area contributed by atoms with Crippen molar-refractivity contribution >= 4 is 33.6 Å². The van der Waals surface area contributed by atoms with E-state index in [1.54, 1.807) is 16.2 Å². The van der Waals surface area contributed by atoms with Gasteiger partial charge in [0, 0.05) is 32.1 Å². The summed E-state index contributed by atoms with van der Waals surface area (Å²) in [4.78, 5) is 34.4. The largest absolute Gasteiger partial charge is 0.449 e. The number of rotatable bonds is 4. The van der Waals surface area contributed by atoms with Crippen molar-refractivity contribution in [3.8, 4) is 0 Å². The molecule has 7 heteroatoms. The van der Waals surface area contributed by atoms with Gasteiger partial charge in [-0.25, -0.2) is 9.78 Å². The van der Waals surface area contributed by atoms with Gasteiger partial charge in [-0.05, 0) is 37.3 Å². The van der Waals surface area contributed by atoms with E-state index in [4.69, 9.17) is 9.72 Å². The van der Waals surface area contributed by atoms with Crippen molar-refractivity contribution in [1.29, 1.82) is 0 Å². The van der Waals surface area contributed by atoms with Gasteiger partial charge in [-0.1, -0.05) is 38.1 Å². The van der Waals surface area contributed by atoms with Crippen LogP contribution in [0.5, 0.6) is 0 Å². The molecular formula is C24H31N3O3S. The Balaban J connectivity index is 1.43. The Hall–Kier alpha value is -2.41. The van der Waals surface area contributed by atoms with E-state index in [9.17, 15) is 9.59 Å². The number of hydrogen-bond acceptors (Lipinski definition) is 5. The van der Waals surface area contributed by atoms with Crippen molar-refractivity contribution in [3.05, 3.63) is 41.4 Å². The molecule has 6 nitrogen and oxygen atoms in total. The minimum Gasteiger partial charge on any atom is -0.449 e. The molecule has 0 saturated carbocycles. The predicted molar refractivity (Wildman–Crippen MR) is 123 cm³/mol. The molecule has 0 radical (unpaired) electrons. The fraction of sp³-hybridized carbons (Fsp3) is 0.542. The van der Waals surface area contributed by atoms with Crippen molar-refractivity contribution in [2.75, 3.05) is 32.8 Å². The second kappa shape index (κ2) is 9.81. The van der Waals surface area contributed by atoms with E-state index in [2.05, 4.69) is 18.2 Å². The van der Waals surface area contributed by atoms with Gasteiger partial charge in [0.25, 0.3) is 0 Å². The summed E-state index contributed by atoms with van der Waals surface area (Å²) < 4.78 is 6.55. The number of hydrogen-bond donors (Lipinski definition) is 0. The molecule has 0 spiro atoms. The first-order chi connectivity index (χ1) is 15.0. The van der Waals surface area contributed by atoms with Crippen LogP contribution in [0.2, 0.25) is 0 Å². The van der Waals surface area contributed by atoms with Gasteiger partial charge in [-0.3, -0.25) is 4.79 Å². The molecule has 2 amide bonds. The molecule has 2 heterocycles. The molecule has 1 aliphatic heterocycles. The number of benzene rings is 1. The van der Waals surface area contributed by atoms with Gasteiger partial charge >= 0.3 is 6.09 Å². The maximum Gasteiger partial charge on any atom is 0.409 e. The standard InChI is InChI=1S/C24H31N3O3S/c1-17(2)16-30-24(29)27-13-7-12-26(14-15-27)23(28)19-9-4-3-8-18(19)22-25-20-10-5-6-11-21(20)31-22/h3-6,10-11,17-19H,7-9,12-16H2,1-2H3. The molecule has 1 fully saturated rings. The summed E-state index contributed by atoms with van der Waals surface area (Å²) in [7, 11) is 0. The van der Waals surface area contributed by atoms with Gasteiger partial charge in [-0.2, -0.15) is 0 Å². The summed E-state index contributed by atoms with van der Waals surface area (Å²) in [6, 6.07) is 8.16. The molecule has 0 N–H and O–H groups in total. The van der Waals surface area contributed by atoms with Gasteiger partial charge in [0.2, 0.25) is 5.91 Å². The lowest BCUT2D eigenvalue weighted by Gasteiger charge is -2.31. The molecule has 1 saturated heterocycles. The zero-order chi connectivity index (χ0) is 21.8. The Labute approximate surface area is 187 Å². The average molecular weight is 442 g/mol. The van der Waals surface area contributed by atoms with Crippen molar-refractivity contribution in [1.82, 2.24) is 14.8 Å². The zero-order valence-corrected chi connectivity index (χ0v) is 19.1. The van der Waals surface area contributed by atoms with Crippen LogP contribution in [0, 0.1) is 11.8 Å². The van der Waals surface area contributed by atoms with Crippen LogP contribution < -0.4 is 0 Å². The maximum absolute atomic E-state index is 13.5. The normalized spacial score (nSPS) is 22.0. The smallest absolute Gasteiger partial charge is 0.409 e. The number of para-hydroxylation sites is 1. The molecule has 2 atom stereocenters. The summed E-state index contributed by atoms with van der Waals surface area (Å²) in [5.74, 6) is 0.522. The predicted octanol–water partition coefficient (Wildman–Crippen LogP) is 4.67. The SMILES string of the molecule is CC(C)COC(=O)N1CCCN(C(=O)C2CC=CCC2c2nc3ccccc3s2)CC1. The molecule has 1 aliphatic carbocycles. The lowest BCUT2D eigenvalue weighted by Crippen LogP contribution is -2.42. The third-order valence-corrected chi connectivity index (χ3v) is 7.15. The molecule has 2 aromatic rings. The number of carbonyl (C=O) groups excluding carboxylic acids is 2. The van der Waals surface area contributed by atoms with E-state index in [0.29, 0.717) is 38.7 Å². The van der Waals surface area contributed by atoms with Gasteiger partial charge in [0.1, 0.15) is 0 Å². The van der Waals surface area contributed by atoms with Crippen molar-refractivity contribution in [3.63, 3.8) is 0 Å². The molecule has 1 aromatic heterocycles. The zero-order valence-electron chi connectivity index (χ0n) is 18.3. The fourth-order valence-corrected chi connectivity index (χ4v) is 5.44. The number of allylic oxidation sites excluding steroid dienone is 2. The highest BCUT2D eigenvalue weighted by molar-refractivity contribution is 7.18. The van der Waals surface area contributed by atoms with Crippen LogP contribution in [-0.4, -0.2) is 59.6 Å². The quantitative estimate of drug-likeness (QED) is 0.647. The Morgan fingerprint density at radius 1 is 1.10 bits per heavy atom. The van der Waals surface area contributed by atoms with E-state index in [-0.39, 0.29) is 23.8 Å². The number of aromatic nitrogens is 1. The van der Waals surface area contributed by atoms with Crippen LogP contribution in [0.1, 0.15) is 44.0 Å².